The van der Waals surface area contributed by atoms with Crippen LogP contribution in [0, 0.1) is 0 Å². The van der Waals surface area contributed by atoms with Crippen LogP contribution in [-0.2, 0) is 28.7 Å². The minimum Gasteiger partial charge on any atom is -0.478 e. The first-order valence-electron chi connectivity index (χ1n) is 11.7. The fourth-order valence-electron chi connectivity index (χ4n) is 3.84. The summed E-state index contributed by atoms with van der Waals surface area (Å²) < 4.78 is 10.9. The van der Waals surface area contributed by atoms with E-state index in [9.17, 15) is 24.3 Å². The molecule has 0 saturated carbocycles. The van der Waals surface area contributed by atoms with E-state index in [1.807, 2.05) is 0 Å². The Kier molecular flexibility index (Phi) is 6.90. The van der Waals surface area contributed by atoms with E-state index in [4.69, 9.17) is 14.3 Å². The number of carboxylic acid groups (broad SMARTS) is 1. The van der Waals surface area contributed by atoms with E-state index in [0.29, 0.717) is 13.0 Å². The van der Waals surface area contributed by atoms with Gasteiger partial charge in [-0.2, -0.15) is 0 Å². The second-order valence-electron chi connectivity index (χ2n) is 10.5. The number of carbonyl (C=O) groups is 4. The van der Waals surface area contributed by atoms with Gasteiger partial charge in [0.2, 0.25) is 11.5 Å². The number of aromatic nitrogens is 1. The number of amides is 3. The smallest absolute Gasteiger partial charge is 0.413 e. The van der Waals surface area contributed by atoms with Gasteiger partial charge in [-0.15, -0.1) is 11.3 Å². The van der Waals surface area contributed by atoms with Crippen molar-refractivity contribution < 1.29 is 38.6 Å². The van der Waals surface area contributed by atoms with E-state index in [0.717, 1.165) is 17.8 Å². The van der Waals surface area contributed by atoms with Crippen LogP contribution < -0.4 is 16.0 Å². The Morgan fingerprint density at radius 3 is 2.59 bits per heavy atom. The molecule has 202 valence electrons. The molecule has 2 bridgehead atoms. The molecule has 4 N–H and O–H groups in total. The molecule has 0 radical (unpaired) electrons. The van der Waals surface area contributed by atoms with Gasteiger partial charge in [0, 0.05) is 18.3 Å². The molecule has 14 nitrogen and oxygen atoms in total. The topological polar surface area (TPSA) is 181 Å². The summed E-state index contributed by atoms with van der Waals surface area (Å²) in [7, 11) is 0. The Balaban J connectivity index is 1.49. The molecule has 4 fully saturated rings. The summed E-state index contributed by atoms with van der Waals surface area (Å²) in [6.07, 6.45) is 0.0924. The maximum atomic E-state index is 13.3. The molecule has 37 heavy (non-hydrogen) atoms. The summed E-state index contributed by atoms with van der Waals surface area (Å²) in [5.74, 6) is -1.94. The average Bonchev–Trinajstić information content (AvgIpc) is 3.36. The summed E-state index contributed by atoms with van der Waals surface area (Å²) in [5.41, 5.74) is -3.58. The van der Waals surface area contributed by atoms with Gasteiger partial charge >= 0.3 is 12.1 Å². The summed E-state index contributed by atoms with van der Waals surface area (Å²) in [6, 6.07) is -0.455. The zero-order chi connectivity index (χ0) is 27.2. The third-order valence-corrected chi connectivity index (χ3v) is 6.62. The molecule has 2 unspecified atom stereocenters. The molecule has 0 aromatic carbocycles. The first-order valence-corrected chi connectivity index (χ1v) is 12.6. The summed E-state index contributed by atoms with van der Waals surface area (Å²) in [4.78, 5) is 60.0. The first kappa shape index (κ1) is 26.8. The van der Waals surface area contributed by atoms with Crippen molar-refractivity contribution in [2.75, 3.05) is 18.4 Å². The monoisotopic (exact) mass is 538 g/mol. The Hall–Kier alpha value is -3.30. The SMILES string of the molecule is CC(C)(C)OC(=O)Nc1nc(/C(=N/OC(C)(C)C(=O)O)C(=O)N[C@H]2C3NC2(CN2CCCC2=O)O3)cs1. The number of nitrogens with zero attached hydrogens (tertiary/aromatic N) is 3. The lowest BCUT2D eigenvalue weighted by atomic mass is 9.84. The number of ether oxygens (including phenoxy) is 2. The maximum Gasteiger partial charge on any atom is 0.413 e. The number of nitrogens with one attached hydrogen (secondary N) is 3. The molecule has 1 aromatic rings. The number of carbonyl (C=O) groups excluding carboxylic acids is 3. The van der Waals surface area contributed by atoms with Gasteiger partial charge in [0.1, 0.15) is 23.6 Å². The highest BCUT2D eigenvalue weighted by atomic mass is 32.1. The number of anilines is 1. The van der Waals surface area contributed by atoms with Crippen LogP contribution in [0.15, 0.2) is 10.5 Å². The lowest BCUT2D eigenvalue weighted by Gasteiger charge is -2.67. The van der Waals surface area contributed by atoms with Crippen LogP contribution in [0.1, 0.15) is 53.2 Å². The molecular weight excluding hydrogens is 508 g/mol. The van der Waals surface area contributed by atoms with E-state index in [1.54, 1.807) is 25.7 Å². The zero-order valence-electron chi connectivity index (χ0n) is 21.1. The summed E-state index contributed by atoms with van der Waals surface area (Å²) in [5, 5.41) is 23.3. The van der Waals surface area contributed by atoms with Crippen molar-refractivity contribution in [1.29, 1.82) is 0 Å². The second kappa shape index (κ2) is 9.54. The molecule has 4 aliphatic heterocycles. The summed E-state index contributed by atoms with van der Waals surface area (Å²) >= 11 is 1.02. The predicted octanol–water partition coefficient (Wildman–Crippen LogP) is 0.837. The van der Waals surface area contributed by atoms with Crippen LogP contribution in [0.4, 0.5) is 9.93 Å². The van der Waals surface area contributed by atoms with Gasteiger partial charge in [0.25, 0.3) is 5.91 Å². The Morgan fingerprint density at radius 2 is 2.05 bits per heavy atom. The predicted molar refractivity (Wildman–Crippen MR) is 130 cm³/mol. The molecule has 0 spiro atoms. The van der Waals surface area contributed by atoms with Gasteiger partial charge in [-0.1, -0.05) is 5.16 Å². The van der Waals surface area contributed by atoms with E-state index >= 15 is 0 Å². The zero-order valence-corrected chi connectivity index (χ0v) is 21.9. The minimum atomic E-state index is -1.72. The Bertz CT molecular complexity index is 1140. The number of carboxylic acids is 1. The number of likely N-dealkylation sites (tertiary alicyclic amines) is 1. The number of thiazole rings is 1. The quantitative estimate of drug-likeness (QED) is 0.260. The van der Waals surface area contributed by atoms with Crippen molar-refractivity contribution in [2.45, 2.75) is 76.7 Å². The van der Waals surface area contributed by atoms with Gasteiger partial charge in [0.05, 0.1) is 6.54 Å². The van der Waals surface area contributed by atoms with Gasteiger partial charge in [-0.05, 0) is 41.0 Å². The highest BCUT2D eigenvalue weighted by Gasteiger charge is 2.69. The molecular formula is C22H30N6O8S. The van der Waals surface area contributed by atoms with E-state index < -0.39 is 47.2 Å². The van der Waals surface area contributed by atoms with Crippen LogP contribution in [0.5, 0.6) is 0 Å². The van der Waals surface area contributed by atoms with Crippen molar-refractivity contribution in [3.05, 3.63) is 11.1 Å². The van der Waals surface area contributed by atoms with Crippen LogP contribution in [0.25, 0.3) is 0 Å². The molecule has 4 saturated heterocycles. The van der Waals surface area contributed by atoms with Gasteiger partial charge in [0.15, 0.2) is 16.6 Å². The molecule has 3 atom stereocenters. The van der Waals surface area contributed by atoms with Crippen LogP contribution in [-0.4, -0.2) is 86.9 Å². The second-order valence-corrected chi connectivity index (χ2v) is 11.3. The van der Waals surface area contributed by atoms with Gasteiger partial charge < -0.3 is 29.6 Å². The fourth-order valence-corrected chi connectivity index (χ4v) is 4.52. The standard InChI is InChI=1S/C22H30N6O8S/c1-20(2,3)35-19(33)25-18-23-11(9-37-18)13(27-36-21(4,5)17(31)32)15(30)24-14-16-26-22(14,34-16)10-28-8-6-7-12(28)29/h9,14,16,26H,6-8,10H2,1-5H3,(H,24,30)(H,31,32)(H,23,25,33)/b27-13-/t14-,16?,22?/m0/s1. The number of rotatable bonds is 9. The number of oxime groups is 1. The molecule has 15 heteroatoms. The van der Waals surface area contributed by atoms with Crippen LogP contribution in [0.2, 0.25) is 0 Å². The molecule has 5 rings (SSSR count). The molecule has 5 heterocycles. The third kappa shape index (κ3) is 5.67. The Labute approximate surface area is 216 Å². The minimum absolute atomic E-state index is 0.0271. The average molecular weight is 539 g/mol. The lowest BCUT2D eigenvalue weighted by molar-refractivity contribution is -0.378. The number of hydrogen-bond donors (Lipinski definition) is 4. The van der Waals surface area contributed by atoms with Gasteiger partial charge in [-0.25, -0.2) is 14.6 Å². The highest BCUT2D eigenvalue weighted by Crippen LogP contribution is 2.42. The van der Waals surface area contributed by atoms with E-state index in [2.05, 4.69) is 26.1 Å². The maximum absolute atomic E-state index is 13.3. The molecule has 4 aliphatic rings. The first-order chi connectivity index (χ1) is 17.2. The van der Waals surface area contributed by atoms with Gasteiger partial charge in [-0.3, -0.25) is 20.2 Å². The molecule has 1 aromatic heterocycles. The van der Waals surface area contributed by atoms with Crippen molar-refractivity contribution in [1.82, 2.24) is 20.5 Å². The number of hydrogen-bond acceptors (Lipinski definition) is 11. The number of aliphatic carboxylic acids is 1. The third-order valence-electron chi connectivity index (χ3n) is 5.86. The van der Waals surface area contributed by atoms with Crippen LogP contribution >= 0.6 is 11.3 Å². The van der Waals surface area contributed by atoms with Crippen LogP contribution in [0.3, 0.4) is 0 Å². The fraction of sp³-hybridized carbons (Fsp3) is 0.636. The normalized spacial score (nSPS) is 25.2. The lowest BCUT2D eigenvalue weighted by Crippen LogP contribution is -2.95. The molecule has 0 aliphatic carbocycles. The molecule has 3 amide bonds. The highest BCUT2D eigenvalue weighted by molar-refractivity contribution is 7.14. The van der Waals surface area contributed by atoms with Crippen molar-refractivity contribution >= 4 is 46.1 Å². The largest absolute Gasteiger partial charge is 0.478 e. The van der Waals surface area contributed by atoms with Crippen molar-refractivity contribution in [3.8, 4) is 0 Å². The van der Waals surface area contributed by atoms with E-state index in [-0.39, 0.29) is 29.0 Å². The summed E-state index contributed by atoms with van der Waals surface area (Å²) in [6.45, 7) is 8.61. The van der Waals surface area contributed by atoms with Crippen molar-refractivity contribution in [2.24, 2.45) is 5.16 Å². The van der Waals surface area contributed by atoms with E-state index in [1.165, 1.54) is 19.2 Å². The Morgan fingerprint density at radius 1 is 1.35 bits per heavy atom. The van der Waals surface area contributed by atoms with Crippen molar-refractivity contribution in [3.63, 3.8) is 0 Å².